The Hall–Kier alpha value is -11.0. The molecule has 8 aromatic rings. The third kappa shape index (κ3) is 19.1. The number of nitrogens with one attached hydrogen (secondary N) is 1. The zero-order valence-corrected chi connectivity index (χ0v) is 61.6. The molecule has 6 aliphatic rings. The number of nitrogens with zero attached hydrogens (tertiary/aromatic N) is 22. The average Bonchev–Trinajstić information content (AvgIpc) is 1.13. The van der Waals surface area contributed by atoms with Gasteiger partial charge in [-0.15, -0.1) is 0 Å². The van der Waals surface area contributed by atoms with Crippen molar-refractivity contribution in [1.29, 1.82) is 0 Å². The Kier molecular flexibility index (Phi) is 28.5. The molecule has 0 radical (unpaired) electrons. The van der Waals surface area contributed by atoms with Gasteiger partial charge in [0.25, 0.3) is 5.97 Å². The molecule has 0 aromatic carbocycles. The lowest BCUT2D eigenvalue weighted by atomic mass is 9.94. The zero-order chi connectivity index (χ0) is 76.0. The number of nitro groups is 2. The van der Waals surface area contributed by atoms with Gasteiger partial charge in [-0.2, -0.15) is 19.9 Å². The summed E-state index contributed by atoms with van der Waals surface area (Å²) in [4.78, 5) is 144. The minimum Gasteiger partial charge on any atom is -0.481 e. The van der Waals surface area contributed by atoms with Crippen LogP contribution in [-0.4, -0.2) is 193 Å². The molecule has 4 saturated carbocycles. The maximum atomic E-state index is 12.8. The number of carboxylic acid groups (broad SMARTS) is 1. The molecule has 106 heavy (non-hydrogen) atoms. The van der Waals surface area contributed by atoms with Crippen LogP contribution in [0.5, 0.6) is 0 Å². The minimum atomic E-state index is -0.833. The standard InChI is InChI=1S/C17H22N6O4.C17H22N6O.C17H21N5O.C14H19ClN4O4.C3H4N2.C2H4O2/c1-3-13(16(24)27-2)22(12-6-4-5-7-12)15-14(23(25)26)10-19-17(20-15)21-9-8-18-11-21;1-3-13-16(24)21(2)14-10-19-17(22-9-8-18-11-22)20-15(14)23(13)12-6-4-5-7-12;1-2-14-15(23)9-12-10-19-17(21-8-7-18-11-21)20-16(12)22(14)13-5-3-4-6-13;1-3-10(13(20)23-2)18(9-6-4-5-7-9)12-11(19(21)22)8-16-14(15)17-12;1-2-5-3-4-1;1-2(3)4/h8-13H,3-7H2,1-2H3;8-13H,3-7H2,1-2H3;7-8,10-11,13-14H,2-6,9H2,1H3;8-10H,3-7H2,1-2H3;1-3H,(H,4,5);1H3,(H,3,4)/t2*13-;14-;10-;;/m1111../s1. The zero-order valence-electron chi connectivity index (χ0n) is 60.9. The molecule has 36 heteroatoms. The molecule has 0 saturated heterocycles. The molecule has 10 heterocycles. The summed E-state index contributed by atoms with van der Waals surface area (Å²) in [7, 11) is 4.44. The van der Waals surface area contributed by atoms with Crippen molar-refractivity contribution in [2.45, 2.75) is 218 Å². The van der Waals surface area contributed by atoms with Gasteiger partial charge in [0.1, 0.15) is 61.0 Å². The molecule has 0 spiro atoms. The molecule has 14 rings (SSSR count). The first-order valence-corrected chi connectivity index (χ1v) is 36.2. The van der Waals surface area contributed by atoms with Crippen LogP contribution in [0.2, 0.25) is 5.28 Å². The van der Waals surface area contributed by atoms with Crippen molar-refractivity contribution in [1.82, 2.24) is 78.5 Å². The molecule has 4 aliphatic carbocycles. The molecule has 566 valence electrons. The largest absolute Gasteiger partial charge is 0.481 e. The topological polar surface area (TPSA) is 412 Å². The summed E-state index contributed by atoms with van der Waals surface area (Å²) >= 11 is 5.85. The Bertz CT molecular complexity index is 4150. The summed E-state index contributed by atoms with van der Waals surface area (Å²) < 4.78 is 15.0. The Labute approximate surface area is 617 Å². The quantitative estimate of drug-likeness (QED) is 0.0329. The van der Waals surface area contributed by atoms with E-state index in [1.807, 2.05) is 44.1 Å². The predicted molar refractivity (Wildman–Crippen MR) is 391 cm³/mol. The van der Waals surface area contributed by atoms with Crippen LogP contribution in [0, 0.1) is 20.2 Å². The van der Waals surface area contributed by atoms with Crippen molar-refractivity contribution in [3.05, 3.63) is 131 Å². The summed E-state index contributed by atoms with van der Waals surface area (Å²) in [5.74, 6) is 2.24. The molecular weight excluding hydrogens is 1390 g/mol. The number of H-pyrrole nitrogens is 1. The number of Topliss-reactive ketones (excluding diaryl/α,β-unsaturated/α-hetero) is 1. The lowest BCUT2D eigenvalue weighted by Crippen LogP contribution is -2.55. The normalized spacial score (nSPS) is 17.6. The van der Waals surface area contributed by atoms with Gasteiger partial charge in [-0.1, -0.05) is 79.1 Å². The first-order valence-electron chi connectivity index (χ1n) is 35.8. The van der Waals surface area contributed by atoms with Gasteiger partial charge >= 0.3 is 23.3 Å². The number of halogens is 1. The van der Waals surface area contributed by atoms with E-state index in [-0.39, 0.29) is 64.3 Å². The van der Waals surface area contributed by atoms with Crippen molar-refractivity contribution in [2.75, 3.05) is 45.8 Å². The number of aromatic amines is 1. The number of methoxy groups -OCH3 is 2. The maximum absolute atomic E-state index is 12.8. The van der Waals surface area contributed by atoms with Gasteiger partial charge < -0.3 is 44.1 Å². The SMILES string of the molecule is CC(=O)O.CC[C@@H]1C(=O)Cc2cnc(-n3ccnc3)nc2N1C1CCCC1.CC[C@@H]1C(=O)N(C)c2cnc(-n3ccnc3)nc2N1C1CCCC1.CC[C@H](C(=O)OC)N(c1nc(-n2ccnc2)ncc1[N+](=O)[O-])C1CCCC1.CC[C@H](C(=O)OC)N(c1nc(Cl)ncc1[N+](=O)[O-])C1CCCC1.c1c[nH]cn1. The van der Waals surface area contributed by atoms with Crippen molar-refractivity contribution in [3.63, 3.8) is 0 Å². The van der Waals surface area contributed by atoms with Crippen LogP contribution in [0.15, 0.2) is 99.7 Å². The van der Waals surface area contributed by atoms with Crippen LogP contribution in [0.25, 0.3) is 17.8 Å². The number of hydrogen-bond acceptors (Lipinski definition) is 27. The number of hydrogen-bond donors (Lipinski definition) is 2. The Morgan fingerprint density at radius 3 is 1.43 bits per heavy atom. The lowest BCUT2D eigenvalue weighted by Gasteiger charge is -2.43. The summed E-state index contributed by atoms with van der Waals surface area (Å²) in [6, 6.07) is -0.699. The van der Waals surface area contributed by atoms with Crippen LogP contribution < -0.4 is 24.5 Å². The highest BCUT2D eigenvalue weighted by atomic mass is 35.5. The molecular formula is C70H92ClN23O12. The smallest absolute Gasteiger partial charge is 0.329 e. The van der Waals surface area contributed by atoms with E-state index in [2.05, 4.69) is 78.5 Å². The number of ether oxygens (including phenoxy) is 2. The molecule has 8 aromatic heterocycles. The van der Waals surface area contributed by atoms with Crippen molar-refractivity contribution in [2.24, 2.45) is 0 Å². The fourth-order valence-corrected chi connectivity index (χ4v) is 14.7. The van der Waals surface area contributed by atoms with Gasteiger partial charge in [0, 0.05) is 106 Å². The molecule has 1 amide bonds. The number of carbonyl (C=O) groups is 5. The van der Waals surface area contributed by atoms with Gasteiger partial charge in [-0.3, -0.25) is 48.3 Å². The third-order valence-corrected chi connectivity index (χ3v) is 19.6. The van der Waals surface area contributed by atoms with E-state index in [1.165, 1.54) is 52.4 Å². The number of likely N-dealkylation sites (N-methyl/N-ethyl adjacent to an activating group) is 1. The second-order valence-electron chi connectivity index (χ2n) is 26.0. The highest BCUT2D eigenvalue weighted by Gasteiger charge is 2.44. The number of ketones is 1. The van der Waals surface area contributed by atoms with Gasteiger partial charge in [0.15, 0.2) is 11.6 Å². The molecule has 4 atom stereocenters. The lowest BCUT2D eigenvalue weighted by molar-refractivity contribution is -0.384. The van der Waals surface area contributed by atoms with Crippen molar-refractivity contribution in [3.8, 4) is 17.8 Å². The first-order chi connectivity index (χ1) is 51.3. The van der Waals surface area contributed by atoms with E-state index in [1.54, 1.807) is 86.2 Å². The number of carbonyl (C=O) groups excluding carboxylic acids is 4. The third-order valence-electron chi connectivity index (χ3n) is 19.4. The van der Waals surface area contributed by atoms with E-state index in [9.17, 15) is 39.4 Å². The van der Waals surface area contributed by atoms with E-state index >= 15 is 0 Å². The van der Waals surface area contributed by atoms with Gasteiger partial charge in [-0.25, -0.2) is 49.5 Å². The number of aromatic nitrogens is 16. The van der Waals surface area contributed by atoms with Crippen LogP contribution in [0.1, 0.15) is 169 Å². The number of rotatable bonds is 19. The highest BCUT2D eigenvalue weighted by molar-refractivity contribution is 6.28. The summed E-state index contributed by atoms with van der Waals surface area (Å²) in [6.45, 7) is 8.93. The Balaban J connectivity index is 0.000000157. The molecule has 35 nitrogen and oxygen atoms in total. The monoisotopic (exact) mass is 1480 g/mol. The molecule has 2 N–H and O–H groups in total. The van der Waals surface area contributed by atoms with Crippen molar-refractivity contribution >= 4 is 81.5 Å². The van der Waals surface area contributed by atoms with E-state index in [4.69, 9.17) is 40.9 Å². The number of imidazole rings is 4. The van der Waals surface area contributed by atoms with Crippen LogP contribution in [0.4, 0.5) is 40.3 Å². The fraction of sp³-hybridized carbons (Fsp3) is 0.529. The van der Waals surface area contributed by atoms with Crippen LogP contribution >= 0.6 is 11.6 Å². The van der Waals surface area contributed by atoms with E-state index in [0.29, 0.717) is 49.0 Å². The molecule has 4 fully saturated rings. The number of esters is 2. The van der Waals surface area contributed by atoms with E-state index < -0.39 is 39.8 Å². The van der Waals surface area contributed by atoms with Gasteiger partial charge in [-0.05, 0) is 88.7 Å². The summed E-state index contributed by atoms with van der Waals surface area (Å²) in [6.07, 6.45) is 45.9. The Morgan fingerprint density at radius 1 is 0.604 bits per heavy atom. The Morgan fingerprint density at radius 2 is 1.03 bits per heavy atom. The van der Waals surface area contributed by atoms with E-state index in [0.717, 1.165) is 126 Å². The fourth-order valence-electron chi connectivity index (χ4n) is 14.6. The van der Waals surface area contributed by atoms with Crippen molar-refractivity contribution < 1.29 is 48.4 Å². The second-order valence-corrected chi connectivity index (χ2v) is 26.3. The van der Waals surface area contributed by atoms with Crippen LogP contribution in [0.3, 0.4) is 0 Å². The average molecular weight is 1480 g/mol. The number of aliphatic carboxylic acids is 1. The number of amides is 1. The maximum Gasteiger partial charge on any atom is 0.329 e. The number of anilines is 5. The van der Waals surface area contributed by atoms with Gasteiger partial charge in [0.05, 0.1) is 42.6 Å². The molecule has 2 aliphatic heterocycles. The number of carboxylic acids is 1. The summed E-state index contributed by atoms with van der Waals surface area (Å²) in [5, 5.41) is 30.3. The van der Waals surface area contributed by atoms with Gasteiger partial charge in [0.2, 0.25) is 40.7 Å². The minimum absolute atomic E-state index is 0.0104. The highest BCUT2D eigenvalue weighted by Crippen LogP contribution is 2.42. The molecule has 0 unspecified atom stereocenters. The second kappa shape index (κ2) is 38.1. The predicted octanol–water partition coefficient (Wildman–Crippen LogP) is 9.99. The number of fused-ring (bicyclic) bond motifs is 2. The molecule has 0 bridgehead atoms. The summed E-state index contributed by atoms with van der Waals surface area (Å²) in [5.41, 5.74) is 1.26. The van der Waals surface area contributed by atoms with Crippen LogP contribution in [-0.2, 0) is 39.9 Å². The first kappa shape index (κ1) is 79.1.